The van der Waals surface area contributed by atoms with Crippen molar-refractivity contribution < 1.29 is 9.59 Å². The summed E-state index contributed by atoms with van der Waals surface area (Å²) < 4.78 is 0. The second kappa shape index (κ2) is 3.32. The predicted octanol–water partition coefficient (Wildman–Crippen LogP) is 1.14. The van der Waals surface area contributed by atoms with E-state index >= 15 is 0 Å². The van der Waals surface area contributed by atoms with Crippen molar-refractivity contribution in [3.63, 3.8) is 0 Å². The number of hydrogen-bond donors (Lipinski definition) is 0. The van der Waals surface area contributed by atoms with Gasteiger partial charge in [-0.2, -0.15) is 0 Å². The minimum atomic E-state index is -0.486. The summed E-state index contributed by atoms with van der Waals surface area (Å²) >= 11 is 0. The van der Waals surface area contributed by atoms with E-state index in [4.69, 9.17) is 0 Å². The lowest BCUT2D eigenvalue weighted by atomic mass is 10.1. The van der Waals surface area contributed by atoms with E-state index in [0.717, 1.165) is 12.8 Å². The number of amides is 1. The zero-order chi connectivity index (χ0) is 10.1. The largest absolute Gasteiger partial charge is 0.329 e. The van der Waals surface area contributed by atoms with Gasteiger partial charge in [-0.25, -0.2) is 0 Å². The Balaban J connectivity index is 2.75. The molecule has 1 fully saturated rings. The SMILES string of the molecule is C=CC(=O)N(C)C1(C(=O)CC)CC1. The van der Waals surface area contributed by atoms with E-state index in [-0.39, 0.29) is 11.7 Å². The Hall–Kier alpha value is -1.12. The molecule has 0 radical (unpaired) electrons. The van der Waals surface area contributed by atoms with Crippen molar-refractivity contribution in [2.45, 2.75) is 31.7 Å². The van der Waals surface area contributed by atoms with Crippen LogP contribution in [0.2, 0.25) is 0 Å². The van der Waals surface area contributed by atoms with Gasteiger partial charge in [-0.15, -0.1) is 0 Å². The number of nitrogens with zero attached hydrogens (tertiary/aromatic N) is 1. The molecule has 3 nitrogen and oxygen atoms in total. The number of ketones is 1. The summed E-state index contributed by atoms with van der Waals surface area (Å²) in [7, 11) is 1.67. The zero-order valence-corrected chi connectivity index (χ0v) is 8.17. The van der Waals surface area contributed by atoms with Gasteiger partial charge in [0.05, 0.1) is 0 Å². The van der Waals surface area contributed by atoms with Gasteiger partial charge in [0, 0.05) is 13.5 Å². The Morgan fingerprint density at radius 3 is 2.38 bits per heavy atom. The molecule has 1 saturated carbocycles. The number of Topliss-reactive ketones (excluding diaryl/α,β-unsaturated/α-hetero) is 1. The quantitative estimate of drug-likeness (QED) is 0.610. The fourth-order valence-electron chi connectivity index (χ4n) is 1.60. The maximum absolute atomic E-state index is 11.5. The molecule has 0 bridgehead atoms. The molecule has 0 aliphatic heterocycles. The highest BCUT2D eigenvalue weighted by Crippen LogP contribution is 2.42. The van der Waals surface area contributed by atoms with E-state index in [0.29, 0.717) is 6.42 Å². The number of rotatable bonds is 4. The smallest absolute Gasteiger partial charge is 0.246 e. The van der Waals surface area contributed by atoms with Crippen molar-refractivity contribution >= 4 is 11.7 Å². The lowest BCUT2D eigenvalue weighted by Gasteiger charge is -2.25. The minimum Gasteiger partial charge on any atom is -0.329 e. The molecule has 72 valence electrons. The molecule has 1 amide bonds. The Bertz CT molecular complexity index is 254. The normalized spacial score (nSPS) is 17.7. The Kier molecular flexibility index (Phi) is 2.55. The van der Waals surface area contributed by atoms with Crippen LogP contribution in [0.15, 0.2) is 12.7 Å². The van der Waals surface area contributed by atoms with E-state index in [1.54, 1.807) is 7.05 Å². The molecule has 0 atom stereocenters. The summed E-state index contributed by atoms with van der Waals surface area (Å²) in [5, 5.41) is 0. The molecular formula is C10H15NO2. The van der Waals surface area contributed by atoms with Crippen molar-refractivity contribution in [2.75, 3.05) is 7.05 Å². The van der Waals surface area contributed by atoms with Gasteiger partial charge >= 0.3 is 0 Å². The predicted molar refractivity (Wildman–Crippen MR) is 50.2 cm³/mol. The van der Waals surface area contributed by atoms with Crippen LogP contribution in [0.25, 0.3) is 0 Å². The first-order valence-electron chi connectivity index (χ1n) is 4.52. The van der Waals surface area contributed by atoms with Crippen LogP contribution in [0.4, 0.5) is 0 Å². The van der Waals surface area contributed by atoms with Crippen molar-refractivity contribution in [1.29, 1.82) is 0 Å². The van der Waals surface area contributed by atoms with Gasteiger partial charge in [-0.1, -0.05) is 13.5 Å². The molecule has 1 aliphatic carbocycles. The average molecular weight is 181 g/mol. The summed E-state index contributed by atoms with van der Waals surface area (Å²) in [5.74, 6) is -0.00972. The second-order valence-electron chi connectivity index (χ2n) is 3.41. The van der Waals surface area contributed by atoms with Crippen LogP contribution in [-0.2, 0) is 9.59 Å². The molecule has 0 spiro atoms. The Labute approximate surface area is 78.4 Å². The summed E-state index contributed by atoms with van der Waals surface area (Å²) in [4.78, 5) is 24.3. The molecule has 0 N–H and O–H groups in total. The fraction of sp³-hybridized carbons (Fsp3) is 0.600. The third-order valence-electron chi connectivity index (χ3n) is 2.71. The van der Waals surface area contributed by atoms with Gasteiger partial charge in [0.2, 0.25) is 5.91 Å². The first kappa shape index (κ1) is 9.96. The van der Waals surface area contributed by atoms with E-state index < -0.39 is 5.54 Å². The molecule has 13 heavy (non-hydrogen) atoms. The molecule has 1 aliphatic rings. The summed E-state index contributed by atoms with van der Waals surface area (Å²) in [6.45, 7) is 5.23. The lowest BCUT2D eigenvalue weighted by Crippen LogP contribution is -2.43. The first-order valence-corrected chi connectivity index (χ1v) is 4.52. The van der Waals surface area contributed by atoms with Gasteiger partial charge < -0.3 is 4.90 Å². The molecule has 1 rings (SSSR count). The summed E-state index contributed by atoms with van der Waals surface area (Å²) in [5.41, 5.74) is -0.486. The van der Waals surface area contributed by atoms with E-state index in [1.165, 1.54) is 11.0 Å². The maximum atomic E-state index is 11.5. The molecule has 0 unspecified atom stereocenters. The number of likely N-dealkylation sites (N-methyl/N-ethyl adjacent to an activating group) is 1. The van der Waals surface area contributed by atoms with Crippen LogP contribution >= 0.6 is 0 Å². The van der Waals surface area contributed by atoms with Crippen LogP contribution in [0.1, 0.15) is 26.2 Å². The molecule has 0 saturated heterocycles. The molecule has 0 aromatic heterocycles. The number of hydrogen-bond acceptors (Lipinski definition) is 2. The minimum absolute atomic E-state index is 0.158. The van der Waals surface area contributed by atoms with E-state index in [1.807, 2.05) is 6.92 Å². The standard InChI is InChI=1S/C10H15NO2/c1-4-8(12)10(6-7-10)11(3)9(13)5-2/h5H,2,4,6-7H2,1,3H3. The zero-order valence-electron chi connectivity index (χ0n) is 8.17. The Morgan fingerprint density at radius 1 is 1.54 bits per heavy atom. The lowest BCUT2D eigenvalue weighted by molar-refractivity contribution is -0.136. The molecule has 3 heteroatoms. The third kappa shape index (κ3) is 1.50. The van der Waals surface area contributed by atoms with Gasteiger partial charge in [-0.3, -0.25) is 9.59 Å². The molecule has 0 aromatic carbocycles. The van der Waals surface area contributed by atoms with Gasteiger partial charge in [0.15, 0.2) is 5.78 Å². The van der Waals surface area contributed by atoms with Crippen molar-refractivity contribution in [2.24, 2.45) is 0 Å². The topological polar surface area (TPSA) is 37.4 Å². The highest BCUT2D eigenvalue weighted by Gasteiger charge is 2.53. The van der Waals surface area contributed by atoms with Crippen LogP contribution < -0.4 is 0 Å². The molecule has 0 aromatic rings. The van der Waals surface area contributed by atoms with Crippen molar-refractivity contribution in [1.82, 2.24) is 4.90 Å². The Morgan fingerprint density at radius 2 is 2.08 bits per heavy atom. The van der Waals surface area contributed by atoms with E-state index in [2.05, 4.69) is 6.58 Å². The van der Waals surface area contributed by atoms with Crippen LogP contribution in [0.3, 0.4) is 0 Å². The third-order valence-corrected chi connectivity index (χ3v) is 2.71. The maximum Gasteiger partial charge on any atom is 0.246 e. The van der Waals surface area contributed by atoms with Gasteiger partial charge in [0.1, 0.15) is 5.54 Å². The number of carbonyl (C=O) groups excluding carboxylic acids is 2. The second-order valence-corrected chi connectivity index (χ2v) is 3.41. The fourth-order valence-corrected chi connectivity index (χ4v) is 1.60. The molecular weight excluding hydrogens is 166 g/mol. The first-order chi connectivity index (χ1) is 6.08. The van der Waals surface area contributed by atoms with Crippen LogP contribution in [-0.4, -0.2) is 29.2 Å². The monoisotopic (exact) mass is 181 g/mol. The van der Waals surface area contributed by atoms with Gasteiger partial charge in [-0.05, 0) is 18.9 Å². The molecule has 0 heterocycles. The summed E-state index contributed by atoms with van der Waals surface area (Å²) in [6.07, 6.45) is 3.35. The van der Waals surface area contributed by atoms with Crippen molar-refractivity contribution in [3.8, 4) is 0 Å². The van der Waals surface area contributed by atoms with Gasteiger partial charge in [0.25, 0.3) is 0 Å². The average Bonchev–Trinajstić information content (AvgIpc) is 2.95. The van der Waals surface area contributed by atoms with Crippen LogP contribution in [0, 0.1) is 0 Å². The highest BCUT2D eigenvalue weighted by atomic mass is 16.2. The number of carbonyl (C=O) groups is 2. The van der Waals surface area contributed by atoms with Crippen LogP contribution in [0.5, 0.6) is 0 Å². The van der Waals surface area contributed by atoms with Crippen molar-refractivity contribution in [3.05, 3.63) is 12.7 Å². The van der Waals surface area contributed by atoms with E-state index in [9.17, 15) is 9.59 Å². The summed E-state index contributed by atoms with van der Waals surface area (Å²) in [6, 6.07) is 0. The highest BCUT2D eigenvalue weighted by molar-refractivity contribution is 5.97.